The van der Waals surface area contributed by atoms with Crippen LogP contribution in [0.15, 0.2) is 122 Å². The van der Waals surface area contributed by atoms with E-state index in [1.807, 2.05) is 95.6 Å². The van der Waals surface area contributed by atoms with E-state index >= 15 is 13.2 Å². The first-order valence-corrected chi connectivity index (χ1v) is 22.3. The molecule has 4 unspecified atom stereocenters. The van der Waals surface area contributed by atoms with Gasteiger partial charge in [-0.15, -0.1) is 0 Å². The number of imidazole rings is 1. The Labute approximate surface area is 342 Å². The maximum atomic E-state index is 17.4. The van der Waals surface area contributed by atoms with Gasteiger partial charge in [-0.25, -0.2) is 9.37 Å². The minimum Gasteiger partial charge on any atom is -0.353 e. The van der Waals surface area contributed by atoms with Gasteiger partial charge in [0.25, 0.3) is 10.1 Å². The number of carbonyl (C=O) groups excluding carboxylic acids is 1. The molecule has 5 aromatic rings. The lowest BCUT2D eigenvalue weighted by molar-refractivity contribution is -0.248. The van der Waals surface area contributed by atoms with Crippen LogP contribution in [-0.2, 0) is 34.1 Å². The highest BCUT2D eigenvalue weighted by molar-refractivity contribution is 7.86. The number of Topliss-reactive ketones (excluding diaryl/α,β-unsaturated/α-hetero) is 1. The summed E-state index contributed by atoms with van der Waals surface area (Å²) in [4.78, 5) is 19.3. The molecule has 1 saturated heterocycles. The molecule has 0 radical (unpaired) electrons. The van der Waals surface area contributed by atoms with Crippen LogP contribution in [-0.4, -0.2) is 54.9 Å². The maximum Gasteiger partial charge on any atom is 0.337 e. The van der Waals surface area contributed by atoms with Gasteiger partial charge in [0, 0.05) is 29.3 Å². The van der Waals surface area contributed by atoms with E-state index in [0.29, 0.717) is 12.9 Å². The van der Waals surface area contributed by atoms with E-state index < -0.39 is 50.3 Å². The monoisotopic (exact) mass is 824 g/mol. The Morgan fingerprint density at radius 3 is 1.98 bits per heavy atom. The molecule has 59 heavy (non-hydrogen) atoms. The van der Waals surface area contributed by atoms with Gasteiger partial charge in [0.2, 0.25) is 5.78 Å². The Morgan fingerprint density at radius 2 is 1.44 bits per heavy atom. The number of ketones is 1. The molecule has 12 heteroatoms. The molecule has 5 aliphatic rings. The summed E-state index contributed by atoms with van der Waals surface area (Å²) in [5, 5.41) is 0. The van der Waals surface area contributed by atoms with Crippen LogP contribution in [0.1, 0.15) is 79.7 Å². The summed E-state index contributed by atoms with van der Waals surface area (Å²) in [7, 11) is -4.67. The average Bonchev–Trinajstić information content (AvgIpc) is 3.73. The van der Waals surface area contributed by atoms with Crippen molar-refractivity contribution in [2.75, 3.05) is 12.9 Å². The van der Waals surface area contributed by atoms with Crippen molar-refractivity contribution in [1.82, 2.24) is 9.55 Å². The first-order chi connectivity index (χ1) is 28.4. The highest BCUT2D eigenvalue weighted by Gasteiger charge is 2.66. The van der Waals surface area contributed by atoms with Gasteiger partial charge in [-0.1, -0.05) is 103 Å². The number of benzene rings is 4. The smallest absolute Gasteiger partial charge is 0.337 e. The SMILES string of the molecule is CS(=O)(=O)OC(c1c(F)cccc1-c1cn(C(c2ccccc2)(c2ccccc2)c2ccccc2)cn1)C(F)(F)C(=O)C12CC3CC(C1)C(OC1CCCCO1)C(C3)C2. The van der Waals surface area contributed by atoms with Crippen LogP contribution in [0.5, 0.6) is 0 Å². The first kappa shape index (κ1) is 39.8. The van der Waals surface area contributed by atoms with E-state index in [0.717, 1.165) is 54.9 Å². The van der Waals surface area contributed by atoms with E-state index in [-0.39, 0.29) is 60.7 Å². The summed E-state index contributed by atoms with van der Waals surface area (Å²) in [5.74, 6) is -7.23. The van der Waals surface area contributed by atoms with Gasteiger partial charge in [0.15, 0.2) is 12.4 Å². The van der Waals surface area contributed by atoms with Gasteiger partial charge in [0.1, 0.15) is 11.4 Å². The number of ether oxygens (including phenoxy) is 2. The van der Waals surface area contributed by atoms with Crippen molar-refractivity contribution in [3.8, 4) is 11.3 Å². The summed E-state index contributed by atoms with van der Waals surface area (Å²) in [6.07, 6.45) is 5.28. The molecule has 5 fully saturated rings. The molecular weight excluding hydrogens is 778 g/mol. The Kier molecular flexibility index (Phi) is 10.4. The maximum absolute atomic E-state index is 17.4. The summed E-state index contributed by atoms with van der Waals surface area (Å²) in [6, 6.07) is 32.9. The zero-order valence-corrected chi connectivity index (χ0v) is 33.6. The number of hydrogen-bond acceptors (Lipinski definition) is 7. The van der Waals surface area contributed by atoms with Crippen LogP contribution in [0.2, 0.25) is 0 Å². The predicted octanol–water partition coefficient (Wildman–Crippen LogP) is 9.49. The van der Waals surface area contributed by atoms with E-state index in [4.69, 9.17) is 13.7 Å². The van der Waals surface area contributed by atoms with Gasteiger partial charge in [-0.2, -0.15) is 17.2 Å². The van der Waals surface area contributed by atoms with Gasteiger partial charge >= 0.3 is 5.92 Å². The molecule has 0 spiro atoms. The van der Waals surface area contributed by atoms with Crippen LogP contribution in [0.3, 0.4) is 0 Å². The quantitative estimate of drug-likeness (QED) is 0.0863. The molecule has 4 bridgehead atoms. The molecule has 8 nitrogen and oxygen atoms in total. The minimum atomic E-state index is -4.67. The second-order valence-electron chi connectivity index (χ2n) is 17.0. The molecule has 1 aliphatic heterocycles. The molecule has 4 atom stereocenters. The number of aromatic nitrogens is 2. The van der Waals surface area contributed by atoms with E-state index in [1.54, 1.807) is 12.5 Å². The molecule has 308 valence electrons. The van der Waals surface area contributed by atoms with Gasteiger partial charge < -0.3 is 14.0 Å². The Balaban J connectivity index is 1.12. The fourth-order valence-corrected chi connectivity index (χ4v) is 11.6. The third-order valence-electron chi connectivity index (χ3n) is 13.2. The standard InChI is InChI=1S/C47H47F3N2O6S/c1-59(54,55)58-43(47(49,50)44(53)45-26-31-24-32(27-45)42(33(25-31)28-45)57-40-22-11-12-23-56-40)41-37(20-13-21-38(41)48)39-29-52(30-51-39)46(34-14-5-2-6-15-34,35-16-7-3-8-17-35)36-18-9-4-10-19-36/h2-10,13-21,29-33,40,42-43H,11-12,22-28H2,1H3. The van der Waals surface area contributed by atoms with E-state index in [9.17, 15) is 13.2 Å². The number of halogens is 3. The topological polar surface area (TPSA) is 96.7 Å². The fraction of sp³-hybridized carbons (Fsp3) is 0.404. The van der Waals surface area contributed by atoms with Gasteiger partial charge in [-0.05, 0) is 91.9 Å². The average molecular weight is 825 g/mol. The molecule has 1 aromatic heterocycles. The van der Waals surface area contributed by atoms with Crippen LogP contribution in [0, 0.1) is 29.0 Å². The second-order valence-corrected chi connectivity index (χ2v) is 18.6. The molecule has 0 amide bonds. The number of rotatable bonds is 13. The lowest BCUT2D eigenvalue weighted by Crippen LogP contribution is -2.61. The van der Waals surface area contributed by atoms with Crippen molar-refractivity contribution in [2.45, 2.75) is 81.3 Å². The lowest BCUT2D eigenvalue weighted by atomic mass is 9.47. The van der Waals surface area contributed by atoms with Crippen LogP contribution in [0.4, 0.5) is 13.2 Å². The molecule has 4 saturated carbocycles. The summed E-state index contributed by atoms with van der Waals surface area (Å²) < 4.78 is 96.5. The van der Waals surface area contributed by atoms with Crippen molar-refractivity contribution in [2.24, 2.45) is 23.2 Å². The molecule has 4 aliphatic carbocycles. The van der Waals surface area contributed by atoms with Gasteiger partial charge in [0.05, 0.1) is 24.4 Å². The van der Waals surface area contributed by atoms with Crippen LogP contribution >= 0.6 is 0 Å². The number of hydrogen-bond donors (Lipinski definition) is 0. The number of alkyl halides is 2. The lowest BCUT2D eigenvalue weighted by Gasteiger charge is -2.59. The molecule has 2 heterocycles. The third kappa shape index (κ3) is 7.15. The highest BCUT2D eigenvalue weighted by Crippen LogP contribution is 2.63. The first-order valence-electron chi connectivity index (χ1n) is 20.5. The van der Waals surface area contributed by atoms with Crippen molar-refractivity contribution >= 4 is 15.9 Å². The second kappa shape index (κ2) is 15.4. The Bertz CT molecular complexity index is 2290. The van der Waals surface area contributed by atoms with Crippen molar-refractivity contribution in [1.29, 1.82) is 0 Å². The van der Waals surface area contributed by atoms with E-state index in [1.165, 1.54) is 12.1 Å². The van der Waals surface area contributed by atoms with Crippen molar-refractivity contribution < 1.29 is 40.0 Å². The van der Waals surface area contributed by atoms with E-state index in [2.05, 4.69) is 4.98 Å². The van der Waals surface area contributed by atoms with Crippen LogP contribution in [0.25, 0.3) is 11.3 Å². The normalized spacial score (nSPS) is 26.1. The van der Waals surface area contributed by atoms with Crippen molar-refractivity contribution in [3.05, 3.63) is 150 Å². The summed E-state index contributed by atoms with van der Waals surface area (Å²) >= 11 is 0. The van der Waals surface area contributed by atoms with Gasteiger partial charge in [-0.3, -0.25) is 8.98 Å². The number of carbonyl (C=O) groups is 1. The fourth-order valence-electron chi connectivity index (χ4n) is 11.1. The largest absolute Gasteiger partial charge is 0.353 e. The molecule has 0 N–H and O–H groups in total. The van der Waals surface area contributed by atoms with Crippen molar-refractivity contribution in [3.63, 3.8) is 0 Å². The molecule has 4 aromatic carbocycles. The number of nitrogens with zero attached hydrogens (tertiary/aromatic N) is 2. The minimum absolute atomic E-state index is 0.0424. The summed E-state index contributed by atoms with van der Waals surface area (Å²) in [5.41, 5.74) is -0.682. The predicted molar refractivity (Wildman–Crippen MR) is 215 cm³/mol. The summed E-state index contributed by atoms with van der Waals surface area (Å²) in [6.45, 7) is 0.609. The Hall–Kier alpha value is -4.62. The Morgan fingerprint density at radius 1 is 0.847 bits per heavy atom. The zero-order chi connectivity index (χ0) is 41.0. The molecule has 10 rings (SSSR count). The molecular formula is C47H47F3N2O6S. The van der Waals surface area contributed by atoms with Crippen LogP contribution < -0.4 is 0 Å². The zero-order valence-electron chi connectivity index (χ0n) is 32.8. The highest BCUT2D eigenvalue weighted by atomic mass is 32.2. The third-order valence-corrected chi connectivity index (χ3v) is 13.7.